The topological polar surface area (TPSA) is 75.7 Å². The maximum atomic E-state index is 12.8. The largest absolute Gasteiger partial charge is 0.484 e. The van der Waals surface area contributed by atoms with Crippen LogP contribution in [0.15, 0.2) is 47.4 Å². The Morgan fingerprint density at radius 3 is 2.43 bits per heavy atom. The summed E-state index contributed by atoms with van der Waals surface area (Å²) in [6, 6.07) is 11.9. The van der Waals surface area contributed by atoms with E-state index >= 15 is 0 Å². The van der Waals surface area contributed by atoms with Crippen molar-refractivity contribution in [1.82, 2.24) is 9.62 Å². The lowest BCUT2D eigenvalue weighted by molar-refractivity contribution is -0.123. The van der Waals surface area contributed by atoms with E-state index in [0.717, 1.165) is 24.8 Å². The minimum Gasteiger partial charge on any atom is -0.484 e. The molecule has 1 aliphatic rings. The molecule has 0 saturated carbocycles. The molecule has 0 spiro atoms. The molecule has 0 aromatic heterocycles. The number of halogens is 1. The Morgan fingerprint density at radius 2 is 1.80 bits per heavy atom. The molecule has 2 aromatic carbocycles. The molecule has 6 nitrogen and oxygen atoms in total. The molecule has 1 N–H and O–H groups in total. The van der Waals surface area contributed by atoms with Crippen molar-refractivity contribution >= 4 is 27.5 Å². The zero-order valence-corrected chi connectivity index (χ0v) is 18.8. The smallest absolute Gasteiger partial charge is 0.258 e. The quantitative estimate of drug-likeness (QED) is 0.689. The van der Waals surface area contributed by atoms with Crippen LogP contribution in [0.1, 0.15) is 43.4 Å². The van der Waals surface area contributed by atoms with Crippen LogP contribution >= 0.6 is 11.6 Å². The second kappa shape index (κ2) is 9.81. The number of benzene rings is 2. The Labute approximate surface area is 183 Å². The Hall–Kier alpha value is -2.09. The van der Waals surface area contributed by atoms with Gasteiger partial charge in [-0.2, -0.15) is 4.31 Å². The number of carbonyl (C=O) groups is 1. The van der Waals surface area contributed by atoms with Crippen molar-refractivity contribution in [3.05, 3.63) is 58.6 Å². The highest BCUT2D eigenvalue weighted by Gasteiger charge is 2.26. The van der Waals surface area contributed by atoms with Gasteiger partial charge in [0.1, 0.15) is 5.75 Å². The number of nitrogens with zero attached hydrogens (tertiary/aromatic N) is 1. The average Bonchev–Trinajstić information content (AvgIpc) is 2.73. The molecule has 0 bridgehead atoms. The van der Waals surface area contributed by atoms with Crippen molar-refractivity contribution < 1.29 is 17.9 Å². The lowest BCUT2D eigenvalue weighted by Gasteiger charge is -2.26. The number of nitrogens with one attached hydrogen (secondary N) is 1. The van der Waals surface area contributed by atoms with Gasteiger partial charge in [0.2, 0.25) is 10.0 Å². The molecule has 1 aliphatic heterocycles. The number of aryl methyl sites for hydroxylation is 1. The summed E-state index contributed by atoms with van der Waals surface area (Å²) in [5, 5.41) is 3.51. The summed E-state index contributed by atoms with van der Waals surface area (Å²) in [7, 11) is -3.49. The molecule has 8 heteroatoms. The van der Waals surface area contributed by atoms with Crippen LogP contribution in [-0.2, 0) is 14.8 Å². The van der Waals surface area contributed by atoms with Gasteiger partial charge >= 0.3 is 0 Å². The summed E-state index contributed by atoms with van der Waals surface area (Å²) in [5.74, 6) is 0.226. The predicted octanol–water partition coefficient (Wildman–Crippen LogP) is 4.08. The molecule has 1 heterocycles. The van der Waals surface area contributed by atoms with Gasteiger partial charge in [0, 0.05) is 18.1 Å². The van der Waals surface area contributed by atoms with E-state index in [2.05, 4.69) is 5.32 Å². The highest BCUT2D eigenvalue weighted by molar-refractivity contribution is 7.89. The first-order valence-electron chi connectivity index (χ1n) is 10.1. The molecule has 1 fully saturated rings. The summed E-state index contributed by atoms with van der Waals surface area (Å²) >= 11 is 5.89. The number of ether oxygens (including phenoxy) is 1. The lowest BCUT2D eigenvalue weighted by atomic mass is 10.1. The van der Waals surface area contributed by atoms with E-state index in [1.54, 1.807) is 37.3 Å². The van der Waals surface area contributed by atoms with Gasteiger partial charge in [-0.15, -0.1) is 0 Å². The van der Waals surface area contributed by atoms with Gasteiger partial charge in [-0.05, 0) is 68.1 Å². The van der Waals surface area contributed by atoms with Crippen LogP contribution in [0.3, 0.4) is 0 Å². The summed E-state index contributed by atoms with van der Waals surface area (Å²) in [6.45, 7) is 4.62. The SMILES string of the molecule is Cc1cc(S(=O)(=O)N2CCCCC2)ccc1OCC(=O)N[C@@H](C)c1ccc(Cl)cc1. The van der Waals surface area contributed by atoms with Crippen LogP contribution in [0.2, 0.25) is 5.02 Å². The molecule has 0 radical (unpaired) electrons. The molecule has 0 unspecified atom stereocenters. The Bertz CT molecular complexity index is 987. The molecule has 30 heavy (non-hydrogen) atoms. The Kier molecular flexibility index (Phi) is 7.39. The van der Waals surface area contributed by atoms with Crippen molar-refractivity contribution in [3.8, 4) is 5.75 Å². The van der Waals surface area contributed by atoms with Gasteiger partial charge in [0.15, 0.2) is 6.61 Å². The van der Waals surface area contributed by atoms with Crippen LogP contribution < -0.4 is 10.1 Å². The van der Waals surface area contributed by atoms with Crippen molar-refractivity contribution in [3.63, 3.8) is 0 Å². The van der Waals surface area contributed by atoms with Gasteiger partial charge in [-0.1, -0.05) is 30.2 Å². The van der Waals surface area contributed by atoms with Crippen LogP contribution in [0.25, 0.3) is 0 Å². The molecule has 2 aromatic rings. The van der Waals surface area contributed by atoms with E-state index in [1.165, 1.54) is 4.31 Å². The second-order valence-corrected chi connectivity index (χ2v) is 9.90. The zero-order valence-electron chi connectivity index (χ0n) is 17.2. The highest BCUT2D eigenvalue weighted by Crippen LogP contribution is 2.26. The van der Waals surface area contributed by atoms with E-state index in [0.29, 0.717) is 29.4 Å². The first kappa shape index (κ1) is 22.6. The average molecular weight is 451 g/mol. The lowest BCUT2D eigenvalue weighted by Crippen LogP contribution is -2.35. The standard InChI is InChI=1S/C22H27ClN2O4S/c1-16-14-20(30(27,28)25-12-4-3-5-13-25)10-11-21(16)29-15-22(26)24-17(2)18-6-8-19(23)9-7-18/h6-11,14,17H,3-5,12-13,15H2,1-2H3,(H,24,26)/t17-/m0/s1. The van der Waals surface area contributed by atoms with E-state index in [4.69, 9.17) is 16.3 Å². The molecular formula is C22H27ClN2O4S. The van der Waals surface area contributed by atoms with E-state index in [1.807, 2.05) is 19.1 Å². The number of carbonyl (C=O) groups excluding carboxylic acids is 1. The normalized spacial score (nSPS) is 16.1. The van der Waals surface area contributed by atoms with Crippen LogP contribution in [0.5, 0.6) is 5.75 Å². The number of hydrogen-bond acceptors (Lipinski definition) is 4. The van der Waals surface area contributed by atoms with Gasteiger partial charge in [-0.25, -0.2) is 8.42 Å². The van der Waals surface area contributed by atoms with E-state index < -0.39 is 10.0 Å². The number of sulfonamides is 1. The summed E-state index contributed by atoms with van der Waals surface area (Å²) < 4.78 is 32.8. The third-order valence-corrected chi connectivity index (χ3v) is 7.35. The number of amides is 1. The van der Waals surface area contributed by atoms with E-state index in [9.17, 15) is 13.2 Å². The van der Waals surface area contributed by atoms with Crippen molar-refractivity contribution in [2.24, 2.45) is 0 Å². The second-order valence-electron chi connectivity index (χ2n) is 7.52. The third kappa shape index (κ3) is 5.53. The summed E-state index contributed by atoms with van der Waals surface area (Å²) in [6.07, 6.45) is 2.85. The van der Waals surface area contributed by atoms with Crippen molar-refractivity contribution in [2.75, 3.05) is 19.7 Å². The van der Waals surface area contributed by atoms with Crippen molar-refractivity contribution in [1.29, 1.82) is 0 Å². The molecular weight excluding hydrogens is 424 g/mol. The molecule has 1 atom stereocenters. The zero-order chi connectivity index (χ0) is 21.7. The Balaban J connectivity index is 1.59. The number of hydrogen-bond donors (Lipinski definition) is 1. The van der Waals surface area contributed by atoms with Gasteiger partial charge < -0.3 is 10.1 Å². The predicted molar refractivity (Wildman–Crippen MR) is 117 cm³/mol. The first-order valence-corrected chi connectivity index (χ1v) is 11.9. The molecule has 162 valence electrons. The number of rotatable bonds is 7. The fourth-order valence-corrected chi connectivity index (χ4v) is 5.19. The minimum atomic E-state index is -3.49. The monoisotopic (exact) mass is 450 g/mol. The van der Waals surface area contributed by atoms with Gasteiger partial charge in [0.05, 0.1) is 10.9 Å². The van der Waals surface area contributed by atoms with Crippen LogP contribution in [0.4, 0.5) is 0 Å². The van der Waals surface area contributed by atoms with Gasteiger partial charge in [-0.3, -0.25) is 4.79 Å². The highest BCUT2D eigenvalue weighted by atomic mass is 35.5. The number of piperidine rings is 1. The molecule has 0 aliphatic carbocycles. The summed E-state index contributed by atoms with van der Waals surface area (Å²) in [4.78, 5) is 12.5. The maximum absolute atomic E-state index is 12.8. The third-order valence-electron chi connectivity index (χ3n) is 5.21. The molecule has 3 rings (SSSR count). The fourth-order valence-electron chi connectivity index (χ4n) is 3.46. The van der Waals surface area contributed by atoms with Crippen LogP contribution in [0, 0.1) is 6.92 Å². The summed E-state index contributed by atoms with van der Waals surface area (Å²) in [5.41, 5.74) is 1.61. The van der Waals surface area contributed by atoms with Crippen LogP contribution in [-0.4, -0.2) is 38.3 Å². The minimum absolute atomic E-state index is 0.156. The van der Waals surface area contributed by atoms with Crippen molar-refractivity contribution in [2.45, 2.75) is 44.0 Å². The molecule has 1 saturated heterocycles. The first-order chi connectivity index (χ1) is 14.3. The van der Waals surface area contributed by atoms with E-state index in [-0.39, 0.29) is 23.5 Å². The molecule has 1 amide bonds. The Morgan fingerprint density at radius 1 is 1.13 bits per heavy atom. The fraction of sp³-hybridized carbons (Fsp3) is 0.409. The van der Waals surface area contributed by atoms with Gasteiger partial charge in [0.25, 0.3) is 5.91 Å². The maximum Gasteiger partial charge on any atom is 0.258 e.